The van der Waals surface area contributed by atoms with Gasteiger partial charge in [0.1, 0.15) is 5.60 Å². The summed E-state index contributed by atoms with van der Waals surface area (Å²) in [6.07, 6.45) is 7.67. The van der Waals surface area contributed by atoms with Gasteiger partial charge in [0.05, 0.1) is 12.3 Å². The van der Waals surface area contributed by atoms with Crippen LogP contribution in [0.2, 0.25) is 0 Å². The van der Waals surface area contributed by atoms with E-state index in [-0.39, 0.29) is 23.6 Å². The maximum atomic E-state index is 11.4. The SMILES string of the molecule is CCCC1(C)CCCC(CC)CC(O)(/C(CO)=N/NC(C)=O)C1. The first-order valence-corrected chi connectivity index (χ1v) is 8.95. The number of hydrazone groups is 1. The van der Waals surface area contributed by atoms with Crippen LogP contribution in [0.1, 0.15) is 79.1 Å². The molecule has 1 aliphatic carbocycles. The summed E-state index contributed by atoms with van der Waals surface area (Å²) in [5.74, 6) is 0.119. The van der Waals surface area contributed by atoms with E-state index in [0.29, 0.717) is 18.8 Å². The van der Waals surface area contributed by atoms with Crippen molar-refractivity contribution in [3.8, 4) is 0 Å². The molecule has 134 valence electrons. The number of hydrogen-bond acceptors (Lipinski definition) is 4. The molecule has 1 amide bonds. The molecule has 0 heterocycles. The van der Waals surface area contributed by atoms with Gasteiger partial charge in [0.15, 0.2) is 0 Å². The predicted molar refractivity (Wildman–Crippen MR) is 93.2 cm³/mol. The largest absolute Gasteiger partial charge is 0.390 e. The summed E-state index contributed by atoms with van der Waals surface area (Å²) in [6, 6.07) is 0. The number of hydrogen-bond donors (Lipinski definition) is 3. The monoisotopic (exact) mass is 326 g/mol. The Kier molecular flexibility index (Phi) is 7.68. The van der Waals surface area contributed by atoms with Crippen LogP contribution in [0.15, 0.2) is 5.10 Å². The lowest BCUT2D eigenvalue weighted by molar-refractivity contribution is -0.118. The zero-order valence-corrected chi connectivity index (χ0v) is 15.2. The van der Waals surface area contributed by atoms with E-state index in [1.54, 1.807) is 0 Å². The van der Waals surface area contributed by atoms with Gasteiger partial charge in [0.2, 0.25) is 5.91 Å². The number of nitrogens with one attached hydrogen (secondary N) is 1. The van der Waals surface area contributed by atoms with Crippen LogP contribution in [0, 0.1) is 11.3 Å². The highest BCUT2D eigenvalue weighted by Gasteiger charge is 2.43. The van der Waals surface area contributed by atoms with Crippen molar-refractivity contribution in [2.24, 2.45) is 16.4 Å². The predicted octanol–water partition coefficient (Wildman–Crippen LogP) is 3.00. The molecule has 1 aliphatic rings. The van der Waals surface area contributed by atoms with E-state index in [2.05, 4.69) is 31.3 Å². The number of rotatable bonds is 6. The lowest BCUT2D eigenvalue weighted by Crippen LogP contribution is -2.48. The van der Waals surface area contributed by atoms with Crippen LogP contribution in [0.5, 0.6) is 0 Å². The van der Waals surface area contributed by atoms with E-state index in [1.807, 2.05) is 0 Å². The fraction of sp³-hybridized carbons (Fsp3) is 0.889. The Hall–Kier alpha value is -0.940. The second kappa shape index (κ2) is 8.78. The van der Waals surface area contributed by atoms with Gasteiger partial charge in [-0.1, -0.05) is 46.5 Å². The van der Waals surface area contributed by atoms with Crippen molar-refractivity contribution in [3.63, 3.8) is 0 Å². The zero-order valence-electron chi connectivity index (χ0n) is 15.2. The molecule has 23 heavy (non-hydrogen) atoms. The van der Waals surface area contributed by atoms with Crippen LogP contribution >= 0.6 is 0 Å². The van der Waals surface area contributed by atoms with E-state index < -0.39 is 5.60 Å². The molecule has 0 aromatic rings. The average molecular weight is 326 g/mol. The molecule has 1 rings (SSSR count). The molecular formula is C18H34N2O3. The van der Waals surface area contributed by atoms with Crippen molar-refractivity contribution in [1.29, 1.82) is 0 Å². The van der Waals surface area contributed by atoms with Gasteiger partial charge in [-0.3, -0.25) is 4.79 Å². The zero-order chi connectivity index (χ0) is 17.5. The molecular weight excluding hydrogens is 292 g/mol. The molecule has 1 saturated carbocycles. The van der Waals surface area contributed by atoms with Crippen LogP contribution in [-0.4, -0.2) is 34.0 Å². The average Bonchev–Trinajstić information content (AvgIpc) is 2.44. The first kappa shape index (κ1) is 20.1. The molecule has 3 N–H and O–H groups in total. The van der Waals surface area contributed by atoms with Gasteiger partial charge in [-0.2, -0.15) is 5.10 Å². The van der Waals surface area contributed by atoms with Crippen LogP contribution in [0.3, 0.4) is 0 Å². The number of amides is 1. The maximum Gasteiger partial charge on any atom is 0.236 e. The fourth-order valence-electron chi connectivity index (χ4n) is 4.08. The molecule has 0 aliphatic heterocycles. The standard InChI is InChI=1S/C18H34N2O3/c1-5-9-17(4)10-7-8-15(6-2)11-18(23,13-17)16(12-21)20-19-14(3)22/h15,21,23H,5-13H2,1-4H3,(H,19,22)/b20-16+. The topological polar surface area (TPSA) is 81.9 Å². The number of carbonyl (C=O) groups excluding carboxylic acids is 1. The Bertz CT molecular complexity index is 424. The number of aliphatic hydroxyl groups is 2. The van der Waals surface area contributed by atoms with Gasteiger partial charge in [-0.05, 0) is 37.0 Å². The molecule has 0 spiro atoms. The highest BCUT2D eigenvalue weighted by atomic mass is 16.3. The maximum absolute atomic E-state index is 11.4. The third-order valence-electron chi connectivity index (χ3n) is 5.20. The van der Waals surface area contributed by atoms with Crippen LogP contribution in [0.25, 0.3) is 0 Å². The smallest absolute Gasteiger partial charge is 0.236 e. The first-order valence-electron chi connectivity index (χ1n) is 8.95. The van der Waals surface area contributed by atoms with Crippen molar-refractivity contribution in [1.82, 2.24) is 5.43 Å². The Morgan fingerprint density at radius 3 is 2.61 bits per heavy atom. The van der Waals surface area contributed by atoms with Gasteiger partial charge in [0, 0.05) is 6.92 Å². The Morgan fingerprint density at radius 2 is 2.09 bits per heavy atom. The Labute approximate surface area is 140 Å². The molecule has 1 fully saturated rings. The molecule has 3 atom stereocenters. The quantitative estimate of drug-likeness (QED) is 0.518. The van der Waals surface area contributed by atoms with E-state index in [9.17, 15) is 15.0 Å². The minimum absolute atomic E-state index is 0.0361. The van der Waals surface area contributed by atoms with Crippen LogP contribution in [0.4, 0.5) is 0 Å². The van der Waals surface area contributed by atoms with Gasteiger partial charge in [0.25, 0.3) is 0 Å². The fourth-order valence-corrected chi connectivity index (χ4v) is 4.08. The highest BCUT2D eigenvalue weighted by Crippen LogP contribution is 2.44. The summed E-state index contributed by atoms with van der Waals surface area (Å²) in [5, 5.41) is 25.1. The van der Waals surface area contributed by atoms with Crippen molar-refractivity contribution < 1.29 is 15.0 Å². The van der Waals surface area contributed by atoms with Crippen molar-refractivity contribution >= 4 is 11.6 Å². The lowest BCUT2D eigenvalue weighted by atomic mass is 9.66. The summed E-state index contributed by atoms with van der Waals surface area (Å²) in [6.45, 7) is 7.56. The minimum Gasteiger partial charge on any atom is -0.390 e. The van der Waals surface area contributed by atoms with Crippen molar-refractivity contribution in [2.75, 3.05) is 6.61 Å². The van der Waals surface area contributed by atoms with E-state index in [4.69, 9.17) is 0 Å². The molecule has 5 heteroatoms. The lowest BCUT2D eigenvalue weighted by Gasteiger charge is -2.43. The summed E-state index contributed by atoms with van der Waals surface area (Å²) >= 11 is 0. The number of carbonyl (C=O) groups is 1. The molecule has 3 unspecified atom stereocenters. The molecule has 0 radical (unpaired) electrons. The molecule has 0 aromatic carbocycles. The molecule has 0 aromatic heterocycles. The van der Waals surface area contributed by atoms with Crippen LogP contribution < -0.4 is 5.43 Å². The third-order valence-corrected chi connectivity index (χ3v) is 5.20. The Balaban J connectivity index is 3.13. The molecule has 0 bridgehead atoms. The van der Waals surface area contributed by atoms with Gasteiger partial charge >= 0.3 is 0 Å². The normalized spacial score (nSPS) is 33.0. The molecule has 0 saturated heterocycles. The number of aliphatic hydroxyl groups excluding tert-OH is 1. The Morgan fingerprint density at radius 1 is 1.39 bits per heavy atom. The molecule has 5 nitrogen and oxygen atoms in total. The van der Waals surface area contributed by atoms with Gasteiger partial charge < -0.3 is 10.2 Å². The second-order valence-electron chi connectivity index (χ2n) is 7.52. The van der Waals surface area contributed by atoms with E-state index in [0.717, 1.165) is 32.1 Å². The van der Waals surface area contributed by atoms with Crippen molar-refractivity contribution in [3.05, 3.63) is 0 Å². The summed E-state index contributed by atoms with van der Waals surface area (Å²) in [4.78, 5) is 11.1. The summed E-state index contributed by atoms with van der Waals surface area (Å²) < 4.78 is 0. The summed E-state index contributed by atoms with van der Waals surface area (Å²) in [7, 11) is 0. The van der Waals surface area contributed by atoms with Gasteiger partial charge in [-0.25, -0.2) is 5.43 Å². The first-order chi connectivity index (χ1) is 10.8. The number of nitrogens with zero attached hydrogens (tertiary/aromatic N) is 1. The minimum atomic E-state index is -1.15. The van der Waals surface area contributed by atoms with Gasteiger partial charge in [-0.15, -0.1) is 0 Å². The van der Waals surface area contributed by atoms with E-state index in [1.165, 1.54) is 13.3 Å². The third kappa shape index (κ3) is 5.88. The van der Waals surface area contributed by atoms with Crippen molar-refractivity contribution in [2.45, 2.75) is 84.7 Å². The second-order valence-corrected chi connectivity index (χ2v) is 7.52. The highest BCUT2D eigenvalue weighted by molar-refractivity contribution is 5.94. The van der Waals surface area contributed by atoms with Crippen LogP contribution in [-0.2, 0) is 4.79 Å². The summed E-state index contributed by atoms with van der Waals surface area (Å²) in [5.41, 5.74) is 1.55. The van der Waals surface area contributed by atoms with E-state index >= 15 is 0 Å².